The molecule has 5 nitrogen and oxygen atoms in total. The fourth-order valence-electron chi connectivity index (χ4n) is 2.38. The predicted molar refractivity (Wildman–Crippen MR) is 86.4 cm³/mol. The van der Waals surface area contributed by atoms with E-state index in [0.29, 0.717) is 16.3 Å². The maximum absolute atomic E-state index is 11.2. The summed E-state index contributed by atoms with van der Waals surface area (Å²) in [6, 6.07) is 5.33. The molecular formula is C15H21ClN4O. The van der Waals surface area contributed by atoms with Gasteiger partial charge in [-0.05, 0) is 12.1 Å². The first-order valence-electron chi connectivity index (χ1n) is 7.18. The van der Waals surface area contributed by atoms with Gasteiger partial charge < -0.3 is 5.32 Å². The van der Waals surface area contributed by atoms with Gasteiger partial charge in [-0.3, -0.25) is 9.80 Å². The zero-order valence-corrected chi connectivity index (χ0v) is 13.2. The van der Waals surface area contributed by atoms with Crippen molar-refractivity contribution >= 4 is 29.4 Å². The van der Waals surface area contributed by atoms with Crippen LogP contribution in [0.5, 0.6) is 0 Å². The average Bonchev–Trinajstić information content (AvgIpc) is 2.53. The molecule has 0 radical (unpaired) electrons. The molecule has 6 heteroatoms. The highest BCUT2D eigenvalue weighted by molar-refractivity contribution is 6.33. The first kappa shape index (κ1) is 15.9. The highest BCUT2D eigenvalue weighted by Gasteiger charge is 2.17. The number of hydrazine groups is 1. The van der Waals surface area contributed by atoms with Gasteiger partial charge in [0.1, 0.15) is 5.84 Å². The number of benzene rings is 1. The second-order valence-electron chi connectivity index (χ2n) is 4.90. The van der Waals surface area contributed by atoms with Crippen LogP contribution in [0.3, 0.4) is 0 Å². The van der Waals surface area contributed by atoms with E-state index in [0.717, 1.165) is 44.7 Å². The van der Waals surface area contributed by atoms with E-state index in [9.17, 15) is 4.79 Å². The molecule has 0 bridgehead atoms. The van der Waals surface area contributed by atoms with Crippen molar-refractivity contribution in [3.05, 3.63) is 28.8 Å². The third kappa shape index (κ3) is 3.81. The maximum Gasteiger partial charge on any atom is 0.153 e. The number of carbonyl (C=O) groups excluding carboxylic acids is 1. The molecule has 0 unspecified atom stereocenters. The number of hydrogen-bond donors (Lipinski definition) is 1. The lowest BCUT2D eigenvalue weighted by Gasteiger charge is -2.36. The molecule has 0 atom stereocenters. The van der Waals surface area contributed by atoms with E-state index in [1.807, 2.05) is 19.2 Å². The first-order chi connectivity index (χ1) is 10.2. The Bertz CT molecular complexity index is 526. The quantitative estimate of drug-likeness (QED) is 0.527. The van der Waals surface area contributed by atoms with Crippen molar-refractivity contribution in [2.45, 2.75) is 13.3 Å². The largest absolute Gasteiger partial charge is 0.314 e. The van der Waals surface area contributed by atoms with Crippen LogP contribution in [-0.4, -0.2) is 55.4 Å². The zero-order chi connectivity index (χ0) is 15.2. The SMILES string of the molecule is CC/C(=N/c1cccc(Cl)c1C=O)N(C)N1CCNCC1. The lowest BCUT2D eigenvalue weighted by Crippen LogP contribution is -2.52. The van der Waals surface area contributed by atoms with Crippen LogP contribution in [0.1, 0.15) is 23.7 Å². The van der Waals surface area contributed by atoms with Crippen LogP contribution in [0, 0.1) is 0 Å². The summed E-state index contributed by atoms with van der Waals surface area (Å²) in [5.41, 5.74) is 1.06. The summed E-state index contributed by atoms with van der Waals surface area (Å²) in [6.07, 6.45) is 1.55. The van der Waals surface area contributed by atoms with E-state index in [1.165, 1.54) is 0 Å². The lowest BCUT2D eigenvalue weighted by atomic mass is 10.2. The maximum atomic E-state index is 11.2. The Labute approximate surface area is 130 Å². The lowest BCUT2D eigenvalue weighted by molar-refractivity contribution is 0.0538. The number of halogens is 1. The molecule has 0 aromatic heterocycles. The minimum atomic E-state index is 0.437. The molecule has 1 fully saturated rings. The summed E-state index contributed by atoms with van der Waals surface area (Å²) in [6.45, 7) is 5.90. The molecule has 0 spiro atoms. The molecule has 1 aliphatic rings. The molecule has 0 aliphatic carbocycles. The van der Waals surface area contributed by atoms with Gasteiger partial charge >= 0.3 is 0 Å². The molecule has 21 heavy (non-hydrogen) atoms. The highest BCUT2D eigenvalue weighted by atomic mass is 35.5. The van der Waals surface area contributed by atoms with E-state index in [2.05, 4.69) is 27.3 Å². The van der Waals surface area contributed by atoms with Gasteiger partial charge in [0.05, 0.1) is 16.3 Å². The fraction of sp³-hybridized carbons (Fsp3) is 0.467. The Kier molecular flexibility index (Phi) is 5.73. The Morgan fingerprint density at radius 1 is 1.48 bits per heavy atom. The third-order valence-electron chi connectivity index (χ3n) is 3.60. The normalized spacial score (nSPS) is 16.8. The van der Waals surface area contributed by atoms with Crippen molar-refractivity contribution in [2.75, 3.05) is 33.2 Å². The second kappa shape index (κ2) is 7.54. The van der Waals surface area contributed by atoms with Gasteiger partial charge in [-0.25, -0.2) is 10.0 Å². The topological polar surface area (TPSA) is 47.9 Å². The van der Waals surface area contributed by atoms with Gasteiger partial charge in [0, 0.05) is 39.6 Å². The Morgan fingerprint density at radius 3 is 2.81 bits per heavy atom. The van der Waals surface area contributed by atoms with Gasteiger partial charge in [0.25, 0.3) is 0 Å². The third-order valence-corrected chi connectivity index (χ3v) is 3.93. The van der Waals surface area contributed by atoms with E-state index < -0.39 is 0 Å². The predicted octanol–water partition coefficient (Wildman–Crippen LogP) is 2.34. The van der Waals surface area contributed by atoms with Gasteiger partial charge in [-0.2, -0.15) is 0 Å². The number of hydrogen-bond acceptors (Lipinski definition) is 4. The summed E-state index contributed by atoms with van der Waals surface area (Å²) in [5, 5.41) is 8.10. The van der Waals surface area contributed by atoms with Crippen molar-refractivity contribution in [1.82, 2.24) is 15.3 Å². The van der Waals surface area contributed by atoms with Crippen LogP contribution in [0.15, 0.2) is 23.2 Å². The van der Waals surface area contributed by atoms with Gasteiger partial charge in [-0.1, -0.05) is 24.6 Å². The first-order valence-corrected chi connectivity index (χ1v) is 7.55. The smallest absolute Gasteiger partial charge is 0.153 e. The van der Waals surface area contributed by atoms with Crippen LogP contribution in [0.25, 0.3) is 0 Å². The van der Waals surface area contributed by atoms with Crippen molar-refractivity contribution in [2.24, 2.45) is 4.99 Å². The average molecular weight is 309 g/mol. The minimum Gasteiger partial charge on any atom is -0.314 e. The summed E-state index contributed by atoms with van der Waals surface area (Å²) < 4.78 is 0. The number of rotatable bonds is 4. The zero-order valence-electron chi connectivity index (χ0n) is 12.5. The fourth-order valence-corrected chi connectivity index (χ4v) is 2.59. The van der Waals surface area contributed by atoms with E-state index in [4.69, 9.17) is 11.6 Å². The Balaban J connectivity index is 2.27. The van der Waals surface area contributed by atoms with Crippen LogP contribution >= 0.6 is 11.6 Å². The van der Waals surface area contributed by atoms with Crippen molar-refractivity contribution in [3.8, 4) is 0 Å². The monoisotopic (exact) mass is 308 g/mol. The molecule has 1 aromatic rings. The molecule has 2 rings (SSSR count). The van der Waals surface area contributed by atoms with E-state index in [-0.39, 0.29) is 0 Å². The Morgan fingerprint density at radius 2 is 2.19 bits per heavy atom. The van der Waals surface area contributed by atoms with Gasteiger partial charge in [0.15, 0.2) is 6.29 Å². The van der Waals surface area contributed by atoms with Gasteiger partial charge in [-0.15, -0.1) is 0 Å². The molecule has 0 amide bonds. The van der Waals surface area contributed by atoms with Gasteiger partial charge in [0.2, 0.25) is 0 Å². The summed E-state index contributed by atoms with van der Waals surface area (Å²) in [5.74, 6) is 0.919. The summed E-state index contributed by atoms with van der Waals surface area (Å²) >= 11 is 6.05. The molecular weight excluding hydrogens is 288 g/mol. The van der Waals surface area contributed by atoms with E-state index >= 15 is 0 Å². The molecule has 1 aliphatic heterocycles. The van der Waals surface area contributed by atoms with Crippen molar-refractivity contribution < 1.29 is 4.79 Å². The second-order valence-corrected chi connectivity index (χ2v) is 5.31. The molecule has 0 saturated carbocycles. The van der Waals surface area contributed by atoms with Crippen LogP contribution < -0.4 is 5.32 Å². The molecule has 1 saturated heterocycles. The number of piperazine rings is 1. The number of nitrogens with one attached hydrogen (secondary N) is 1. The standard InChI is InChI=1S/C15H21ClN4O/c1-3-15(19(2)20-9-7-17-8-10-20)18-14-6-4-5-13(16)12(14)11-21/h4-6,11,17H,3,7-10H2,1-2H3/b18-15-. The highest BCUT2D eigenvalue weighted by Crippen LogP contribution is 2.25. The number of amidine groups is 1. The van der Waals surface area contributed by atoms with Crippen LogP contribution in [0.4, 0.5) is 5.69 Å². The summed E-state index contributed by atoms with van der Waals surface area (Å²) in [4.78, 5) is 15.9. The van der Waals surface area contributed by atoms with E-state index in [1.54, 1.807) is 6.07 Å². The molecule has 1 heterocycles. The molecule has 1 aromatic carbocycles. The van der Waals surface area contributed by atoms with Crippen molar-refractivity contribution in [3.63, 3.8) is 0 Å². The molecule has 114 valence electrons. The number of carbonyl (C=O) groups is 1. The number of aldehydes is 1. The molecule has 1 N–H and O–H groups in total. The number of aliphatic imine (C=N–C) groups is 1. The Hall–Kier alpha value is -1.43. The van der Waals surface area contributed by atoms with Crippen LogP contribution in [0.2, 0.25) is 5.02 Å². The van der Waals surface area contributed by atoms with Crippen LogP contribution in [-0.2, 0) is 0 Å². The van der Waals surface area contributed by atoms with Crippen molar-refractivity contribution in [1.29, 1.82) is 0 Å². The minimum absolute atomic E-state index is 0.437. The summed E-state index contributed by atoms with van der Waals surface area (Å²) in [7, 11) is 2.01. The number of nitrogens with zero attached hydrogens (tertiary/aromatic N) is 3.